The van der Waals surface area contributed by atoms with Crippen molar-refractivity contribution in [3.63, 3.8) is 0 Å². The van der Waals surface area contributed by atoms with Crippen LogP contribution in [0.15, 0.2) is 29.2 Å². The number of nitrogens with zero attached hydrogens (tertiary/aromatic N) is 3. The molecule has 2 atom stereocenters. The van der Waals surface area contributed by atoms with Crippen LogP contribution in [0.4, 0.5) is 13.6 Å². The zero-order valence-corrected chi connectivity index (χ0v) is 18.9. The molecule has 0 saturated carbocycles. The number of halogens is 2. The van der Waals surface area contributed by atoms with Gasteiger partial charge >= 0.3 is 6.16 Å². The Labute approximate surface area is 202 Å². The molecule has 2 saturated heterocycles. The number of carboxylic acid groups (broad SMARTS) is 1. The number of amides is 2. The highest BCUT2D eigenvalue weighted by Gasteiger charge is 2.48. The molecule has 11 nitrogen and oxygen atoms in total. The van der Waals surface area contributed by atoms with Gasteiger partial charge in [0.2, 0.25) is 18.0 Å². The van der Waals surface area contributed by atoms with Crippen LogP contribution in [0.2, 0.25) is 0 Å². The maximum absolute atomic E-state index is 14.0. The van der Waals surface area contributed by atoms with E-state index in [-0.39, 0.29) is 42.1 Å². The Morgan fingerprint density at radius 3 is 2.75 bits per heavy atom. The van der Waals surface area contributed by atoms with Gasteiger partial charge in [0, 0.05) is 43.5 Å². The molecule has 3 aliphatic heterocycles. The summed E-state index contributed by atoms with van der Waals surface area (Å²) in [5, 5.41) is 11.2. The zero-order chi connectivity index (χ0) is 25.6. The van der Waals surface area contributed by atoms with Crippen LogP contribution >= 0.6 is 0 Å². The third-order valence-corrected chi connectivity index (χ3v) is 6.72. The fraction of sp³-hybridized carbons (Fsp3) is 0.391. The Balaban J connectivity index is 1.48. The maximum atomic E-state index is 14.0. The van der Waals surface area contributed by atoms with Crippen LogP contribution in [-0.2, 0) is 17.8 Å². The minimum Gasteiger partial charge on any atom is -0.451 e. The van der Waals surface area contributed by atoms with Crippen LogP contribution in [0.5, 0.6) is 5.75 Å². The van der Waals surface area contributed by atoms with Gasteiger partial charge in [-0.3, -0.25) is 19.3 Å². The molecule has 2 fully saturated rings. The number of ether oxygens (including phenoxy) is 2. The number of rotatable bonds is 6. The summed E-state index contributed by atoms with van der Waals surface area (Å²) >= 11 is 0. The summed E-state index contributed by atoms with van der Waals surface area (Å²) in [4.78, 5) is 54.1. The van der Waals surface area contributed by atoms with E-state index in [4.69, 9.17) is 9.84 Å². The Morgan fingerprint density at radius 2 is 2.00 bits per heavy atom. The lowest BCUT2D eigenvalue weighted by atomic mass is 10.1. The van der Waals surface area contributed by atoms with Gasteiger partial charge in [-0.05, 0) is 18.9 Å². The van der Waals surface area contributed by atoms with Gasteiger partial charge in [0.05, 0.1) is 6.54 Å². The van der Waals surface area contributed by atoms with Gasteiger partial charge in [0.15, 0.2) is 5.69 Å². The van der Waals surface area contributed by atoms with Crippen LogP contribution in [0.1, 0.15) is 39.3 Å². The van der Waals surface area contributed by atoms with E-state index < -0.39 is 47.6 Å². The second-order valence-corrected chi connectivity index (χ2v) is 8.76. The number of carbonyl (C=O) groups excluding carboxylic acids is 2. The Bertz CT molecular complexity index is 1310. The summed E-state index contributed by atoms with van der Waals surface area (Å²) in [6.45, 7) is 0.389. The lowest BCUT2D eigenvalue weighted by Crippen LogP contribution is -2.50. The first-order valence-corrected chi connectivity index (χ1v) is 11.3. The molecule has 2 N–H and O–H groups in total. The molecule has 0 radical (unpaired) electrons. The summed E-state index contributed by atoms with van der Waals surface area (Å²) in [5.41, 5.74) is -1.43. The minimum atomic E-state index is -1.65. The lowest BCUT2D eigenvalue weighted by molar-refractivity contribution is 0.0229. The van der Waals surface area contributed by atoms with Crippen LogP contribution in [0.3, 0.4) is 0 Å². The van der Waals surface area contributed by atoms with E-state index >= 15 is 0 Å². The summed E-state index contributed by atoms with van der Waals surface area (Å²) in [7, 11) is 0. The predicted octanol–water partition coefficient (Wildman–Crippen LogP) is 1.35. The molecule has 0 unspecified atom stereocenters. The molecule has 2 amide bonds. The molecule has 36 heavy (non-hydrogen) atoms. The van der Waals surface area contributed by atoms with Gasteiger partial charge in [0.1, 0.15) is 23.4 Å². The Kier molecular flexibility index (Phi) is 6.08. The van der Waals surface area contributed by atoms with E-state index in [0.717, 1.165) is 25.5 Å². The van der Waals surface area contributed by atoms with Gasteiger partial charge in [-0.2, -0.15) is 0 Å². The summed E-state index contributed by atoms with van der Waals surface area (Å²) in [6.07, 6.45) is 1.29. The van der Waals surface area contributed by atoms with Gasteiger partial charge < -0.3 is 29.4 Å². The van der Waals surface area contributed by atoms with Crippen molar-refractivity contribution in [1.29, 1.82) is 0 Å². The van der Waals surface area contributed by atoms with Gasteiger partial charge in [-0.25, -0.2) is 13.6 Å². The van der Waals surface area contributed by atoms with Crippen molar-refractivity contribution >= 4 is 18.0 Å². The highest BCUT2D eigenvalue weighted by atomic mass is 19.1. The first-order chi connectivity index (χ1) is 17.2. The number of nitrogens with one attached hydrogen (secondary N) is 1. The molecule has 1 aromatic carbocycles. The smallest absolute Gasteiger partial charge is 0.451 e. The van der Waals surface area contributed by atoms with E-state index in [0.29, 0.717) is 12.6 Å². The molecule has 0 aliphatic carbocycles. The van der Waals surface area contributed by atoms with Crippen molar-refractivity contribution in [1.82, 2.24) is 19.7 Å². The topological polar surface area (TPSA) is 130 Å². The SMILES string of the molecule is O=C(O)OCOc1c2n(cc(C(=O)NCc3ccc(F)cc3F)c1=O)C[C@@H]1N(C[C@H]3CCCN31)C2=O. The molecule has 1 aromatic heterocycles. The van der Waals surface area contributed by atoms with E-state index in [1.54, 1.807) is 4.90 Å². The molecule has 3 aliphatic rings. The molecular formula is C23H22F2N4O7. The van der Waals surface area contributed by atoms with Gasteiger partial charge in [-0.1, -0.05) is 6.07 Å². The van der Waals surface area contributed by atoms with Gasteiger partial charge in [-0.15, -0.1) is 0 Å². The molecule has 2 aromatic rings. The Hall–Kier alpha value is -4.00. The maximum Gasteiger partial charge on any atom is 0.508 e. The quantitative estimate of drug-likeness (QED) is 0.446. The minimum absolute atomic E-state index is 0.00555. The molecule has 13 heteroatoms. The van der Waals surface area contributed by atoms with Crippen LogP contribution in [0.25, 0.3) is 0 Å². The number of hydrogen-bond acceptors (Lipinski definition) is 7. The first-order valence-electron chi connectivity index (χ1n) is 11.3. The monoisotopic (exact) mass is 504 g/mol. The van der Waals surface area contributed by atoms with E-state index in [1.807, 2.05) is 0 Å². The van der Waals surface area contributed by atoms with Crippen LogP contribution < -0.4 is 15.5 Å². The molecule has 190 valence electrons. The van der Waals surface area contributed by atoms with Crippen LogP contribution in [-0.4, -0.2) is 69.5 Å². The average Bonchev–Trinajstić information content (AvgIpc) is 3.42. The molecule has 0 bridgehead atoms. The number of pyridine rings is 1. The third-order valence-electron chi connectivity index (χ3n) is 6.72. The molecule has 5 rings (SSSR count). The van der Waals surface area contributed by atoms with E-state index in [2.05, 4.69) is 15.0 Å². The average molecular weight is 504 g/mol. The van der Waals surface area contributed by atoms with Crippen molar-refractivity contribution in [2.24, 2.45) is 0 Å². The highest BCUT2D eigenvalue weighted by Crippen LogP contribution is 2.35. The van der Waals surface area contributed by atoms with E-state index in [1.165, 1.54) is 16.8 Å². The van der Waals surface area contributed by atoms with Crippen molar-refractivity contribution in [2.45, 2.75) is 38.1 Å². The van der Waals surface area contributed by atoms with Crippen molar-refractivity contribution in [3.8, 4) is 5.75 Å². The van der Waals surface area contributed by atoms with Crippen molar-refractivity contribution in [2.75, 3.05) is 19.9 Å². The Morgan fingerprint density at radius 1 is 1.19 bits per heavy atom. The third kappa shape index (κ3) is 4.15. The molecule has 4 heterocycles. The summed E-state index contributed by atoms with van der Waals surface area (Å²) in [6, 6.07) is 3.09. The highest BCUT2D eigenvalue weighted by molar-refractivity contribution is 5.99. The number of fused-ring (bicyclic) bond motifs is 4. The summed E-state index contributed by atoms with van der Waals surface area (Å²) < 4.78 is 38.2. The standard InChI is InChI=1S/C23H22F2N4O7/c24-13-4-3-12(16(25)6-13)7-26-21(31)15-9-27-10-17-28-5-1-2-14(28)8-29(17)22(32)18(27)20(19(15)30)35-11-36-23(33)34/h3-4,6,9,14,17H,1-2,5,7-8,10-11H2,(H,26,31)(H,33,34)/t14-,17+/m1/s1. The summed E-state index contributed by atoms with van der Waals surface area (Å²) in [5.74, 6) is -3.48. The van der Waals surface area contributed by atoms with Gasteiger partial charge in [0.25, 0.3) is 11.8 Å². The largest absolute Gasteiger partial charge is 0.508 e. The molecule has 0 spiro atoms. The normalized spacial score (nSPS) is 20.5. The van der Waals surface area contributed by atoms with Crippen molar-refractivity contribution < 1.29 is 37.7 Å². The predicted molar refractivity (Wildman–Crippen MR) is 117 cm³/mol. The first kappa shape index (κ1) is 23.7. The second kappa shape index (κ2) is 9.22. The fourth-order valence-corrected chi connectivity index (χ4v) is 5.08. The van der Waals surface area contributed by atoms with Crippen molar-refractivity contribution in [3.05, 3.63) is 63.1 Å². The lowest BCUT2D eigenvalue weighted by Gasteiger charge is -2.36. The van der Waals surface area contributed by atoms with Crippen LogP contribution in [0, 0.1) is 11.6 Å². The number of aromatic nitrogens is 1. The number of benzene rings is 1. The molecular weight excluding hydrogens is 482 g/mol. The number of hydrogen-bond donors (Lipinski definition) is 2. The second-order valence-electron chi connectivity index (χ2n) is 8.76. The zero-order valence-electron chi connectivity index (χ0n) is 18.9. The van der Waals surface area contributed by atoms with E-state index in [9.17, 15) is 28.0 Å². The number of carbonyl (C=O) groups is 3. The fourth-order valence-electron chi connectivity index (χ4n) is 5.08.